The number of halogens is 1. The van der Waals surface area contributed by atoms with Crippen LogP contribution in [0.3, 0.4) is 0 Å². The van der Waals surface area contributed by atoms with Gasteiger partial charge in [0.15, 0.2) is 0 Å². The Balaban J connectivity index is 1.13. The van der Waals surface area contributed by atoms with Crippen molar-refractivity contribution in [3.63, 3.8) is 0 Å². The van der Waals surface area contributed by atoms with Gasteiger partial charge in [-0.05, 0) is 112 Å². The molecule has 0 radical (unpaired) electrons. The van der Waals surface area contributed by atoms with Gasteiger partial charge in [-0.3, -0.25) is 19.2 Å². The first-order valence-corrected chi connectivity index (χ1v) is 21.0. The molecule has 0 saturated carbocycles. The van der Waals surface area contributed by atoms with E-state index in [9.17, 15) is 33.9 Å². The summed E-state index contributed by atoms with van der Waals surface area (Å²) in [6.45, 7) is 10.1. The van der Waals surface area contributed by atoms with Crippen molar-refractivity contribution in [3.8, 4) is 11.4 Å². The fourth-order valence-electron chi connectivity index (χ4n) is 6.54. The van der Waals surface area contributed by atoms with Crippen molar-refractivity contribution >= 4 is 75.6 Å². The lowest BCUT2D eigenvalue weighted by atomic mass is 10.0. The van der Waals surface area contributed by atoms with Crippen LogP contribution in [0, 0.1) is 5.92 Å². The van der Waals surface area contributed by atoms with Crippen LogP contribution in [0.2, 0.25) is 5.02 Å². The number of hydrogen-bond acceptors (Lipinski definition) is 14. The van der Waals surface area contributed by atoms with Crippen molar-refractivity contribution in [2.24, 2.45) is 5.92 Å². The number of anilines is 3. The Kier molecular flexibility index (Phi) is 15.9. The summed E-state index contributed by atoms with van der Waals surface area (Å²) in [5.41, 5.74) is 14.1. The van der Waals surface area contributed by atoms with Crippen molar-refractivity contribution in [1.29, 1.82) is 0 Å². The highest BCUT2D eigenvalue weighted by Crippen LogP contribution is 2.31. The van der Waals surface area contributed by atoms with Crippen LogP contribution in [0.5, 0.6) is 0 Å². The molecule has 5 rings (SSSR count). The number of carbonyl (C=O) groups is 6. The van der Waals surface area contributed by atoms with E-state index < -0.39 is 59.4 Å². The minimum absolute atomic E-state index is 0.000469. The number of nitrogens with zero attached hydrogens (tertiary/aromatic N) is 5. The van der Waals surface area contributed by atoms with Crippen LogP contribution in [-0.4, -0.2) is 102 Å². The molecule has 22 heteroatoms. The van der Waals surface area contributed by atoms with Gasteiger partial charge in [0.25, 0.3) is 11.8 Å². The third-order valence-corrected chi connectivity index (χ3v) is 10.3. The van der Waals surface area contributed by atoms with Gasteiger partial charge in [-0.1, -0.05) is 43.6 Å². The molecule has 0 spiro atoms. The number of aliphatic carboxylic acids is 1. The van der Waals surface area contributed by atoms with E-state index in [2.05, 4.69) is 57.2 Å². The number of nitrogen functional groups attached to an aromatic ring is 2. The number of aromatic amines is 1. The molecule has 0 aliphatic rings. The maximum Gasteiger partial charge on any atom is 0.408 e. The van der Waals surface area contributed by atoms with Gasteiger partial charge >= 0.3 is 12.1 Å². The standard InChI is InChI=1S/C43H52ClN13O8/c1-21(2)33(52-42(64)65-43(4,5)6)39(61)48-22(3)36(58)49-26-16-17-27(28(20-26)35-54-56-57-55-35)38(60)47-19-7-8-30(40(62)63)50-37(59)25-13-10-23(11-14-25)9-12-24-15-18-29-31(32(24)44)34(45)53-41(46)51-29/h10-11,13-18,20-22,30,33H,7-9,12,19H2,1-6H3,(H,47,60)(H,48,61)(H,49,58)(H,50,59)(H,52,64)(H,62,63)(H4,45,46,51,53)(H,54,55,56,57). The fourth-order valence-corrected chi connectivity index (χ4v) is 6.89. The lowest BCUT2D eigenvalue weighted by molar-refractivity contribution is -0.139. The lowest BCUT2D eigenvalue weighted by Gasteiger charge is -2.26. The number of nitrogens with one attached hydrogen (secondary N) is 6. The molecule has 2 aromatic heterocycles. The van der Waals surface area contributed by atoms with Gasteiger partial charge in [0.05, 0.1) is 21.5 Å². The van der Waals surface area contributed by atoms with Crippen molar-refractivity contribution in [2.75, 3.05) is 23.3 Å². The normalized spacial score (nSPS) is 12.7. The van der Waals surface area contributed by atoms with E-state index in [1.165, 1.54) is 25.1 Å². The number of rotatable bonds is 18. The molecule has 11 N–H and O–H groups in total. The third kappa shape index (κ3) is 13.3. The number of nitrogens with two attached hydrogens (primary N) is 2. The molecule has 0 fully saturated rings. The number of fused-ring (bicyclic) bond motifs is 1. The molecule has 0 aliphatic heterocycles. The van der Waals surface area contributed by atoms with Crippen molar-refractivity contribution in [2.45, 2.75) is 91.0 Å². The van der Waals surface area contributed by atoms with Crippen molar-refractivity contribution in [3.05, 3.63) is 81.9 Å². The van der Waals surface area contributed by atoms with E-state index in [1.54, 1.807) is 65.0 Å². The predicted octanol–water partition coefficient (Wildman–Crippen LogP) is 3.80. The molecule has 65 heavy (non-hydrogen) atoms. The molecule has 0 aliphatic carbocycles. The van der Waals surface area contributed by atoms with E-state index in [4.69, 9.17) is 27.8 Å². The molecule has 5 amide bonds. The number of tetrazole rings is 1. The molecule has 0 saturated heterocycles. The SMILES string of the molecule is CC(NC(=O)C(NC(=O)OC(C)(C)C)C(C)C)C(=O)Nc1ccc(C(=O)NCCCC(NC(=O)c2ccc(CCc3ccc4nc(N)nc(N)c4c3Cl)cc2)C(=O)O)c(-c2nn[nH]n2)c1. The molecule has 3 atom stereocenters. The summed E-state index contributed by atoms with van der Waals surface area (Å²) in [5, 5.41) is 37.8. The first-order chi connectivity index (χ1) is 30.7. The monoisotopic (exact) mass is 913 g/mol. The van der Waals surface area contributed by atoms with Gasteiger partial charge < -0.3 is 47.9 Å². The molecule has 3 unspecified atom stereocenters. The van der Waals surface area contributed by atoms with Crippen LogP contribution in [0.25, 0.3) is 22.3 Å². The number of benzene rings is 3. The number of alkyl carbamates (subject to hydrolysis) is 1. The summed E-state index contributed by atoms with van der Waals surface area (Å²) in [6, 6.07) is 11.5. The van der Waals surface area contributed by atoms with E-state index in [1.807, 2.05) is 6.07 Å². The second-order valence-electron chi connectivity index (χ2n) is 16.4. The Bertz CT molecular complexity index is 2550. The van der Waals surface area contributed by atoms with Gasteiger partial charge in [-0.15, -0.1) is 10.2 Å². The Morgan fingerprint density at radius 2 is 1.60 bits per heavy atom. The average molecular weight is 914 g/mol. The zero-order valence-corrected chi connectivity index (χ0v) is 37.4. The van der Waals surface area contributed by atoms with Crippen molar-refractivity contribution in [1.82, 2.24) is 51.9 Å². The summed E-state index contributed by atoms with van der Waals surface area (Å²) in [4.78, 5) is 85.4. The number of ether oxygens (including phenoxy) is 1. The first kappa shape index (κ1) is 48.6. The maximum atomic E-state index is 13.4. The summed E-state index contributed by atoms with van der Waals surface area (Å²) < 4.78 is 5.27. The van der Waals surface area contributed by atoms with Gasteiger partial charge in [0.1, 0.15) is 29.5 Å². The molecular weight excluding hydrogens is 862 g/mol. The number of carboxylic acids is 1. The molecule has 0 bridgehead atoms. The van der Waals surface area contributed by atoms with E-state index in [0.29, 0.717) is 28.8 Å². The summed E-state index contributed by atoms with van der Waals surface area (Å²) in [7, 11) is 0. The zero-order chi connectivity index (χ0) is 47.6. The van der Waals surface area contributed by atoms with Crippen LogP contribution in [0.1, 0.15) is 86.2 Å². The quantitative estimate of drug-likeness (QED) is 0.0565. The molecule has 2 heterocycles. The number of amides is 5. The second-order valence-corrected chi connectivity index (χ2v) is 16.8. The molecular formula is C43H52ClN13O8. The smallest absolute Gasteiger partial charge is 0.408 e. The Morgan fingerprint density at radius 1 is 0.877 bits per heavy atom. The average Bonchev–Trinajstić information content (AvgIpc) is 3.78. The number of carboxylic acid groups (broad SMARTS) is 1. The van der Waals surface area contributed by atoms with Crippen LogP contribution in [-0.2, 0) is 32.0 Å². The number of hydrogen-bond donors (Lipinski definition) is 9. The maximum absolute atomic E-state index is 13.4. The lowest BCUT2D eigenvalue weighted by Crippen LogP contribution is -2.54. The van der Waals surface area contributed by atoms with Crippen LogP contribution in [0.15, 0.2) is 54.6 Å². The predicted molar refractivity (Wildman–Crippen MR) is 242 cm³/mol. The first-order valence-electron chi connectivity index (χ1n) is 20.6. The molecule has 21 nitrogen and oxygen atoms in total. The minimum atomic E-state index is -1.25. The van der Waals surface area contributed by atoms with Crippen LogP contribution < -0.4 is 38.1 Å². The van der Waals surface area contributed by atoms with E-state index >= 15 is 0 Å². The largest absolute Gasteiger partial charge is 0.480 e. The van der Waals surface area contributed by atoms with Gasteiger partial charge in [-0.2, -0.15) is 10.2 Å². The minimum Gasteiger partial charge on any atom is -0.480 e. The highest BCUT2D eigenvalue weighted by atomic mass is 35.5. The highest BCUT2D eigenvalue weighted by Gasteiger charge is 2.29. The Labute approximate surface area is 378 Å². The third-order valence-electron chi connectivity index (χ3n) is 9.88. The Hall–Kier alpha value is -7.42. The molecule has 5 aromatic rings. The highest BCUT2D eigenvalue weighted by molar-refractivity contribution is 6.37. The fraction of sp³-hybridized carbons (Fsp3) is 0.372. The zero-order valence-electron chi connectivity index (χ0n) is 36.6. The van der Waals surface area contributed by atoms with Gasteiger partial charge in [-0.25, -0.2) is 14.6 Å². The number of carbonyl (C=O) groups excluding carboxylic acids is 5. The van der Waals surface area contributed by atoms with Crippen LogP contribution in [0.4, 0.5) is 22.2 Å². The van der Waals surface area contributed by atoms with Crippen LogP contribution >= 0.6 is 11.6 Å². The van der Waals surface area contributed by atoms with Gasteiger partial charge in [0.2, 0.25) is 23.6 Å². The van der Waals surface area contributed by atoms with Crippen molar-refractivity contribution < 1.29 is 38.6 Å². The van der Waals surface area contributed by atoms with E-state index in [0.717, 1.165) is 11.1 Å². The Morgan fingerprint density at radius 3 is 2.25 bits per heavy atom. The number of H-pyrrole nitrogens is 1. The molecule has 3 aromatic carbocycles. The van der Waals surface area contributed by atoms with E-state index in [-0.39, 0.29) is 65.3 Å². The number of aryl methyl sites for hydroxylation is 2. The number of aromatic nitrogens is 6. The summed E-state index contributed by atoms with van der Waals surface area (Å²) >= 11 is 6.63. The second kappa shape index (κ2) is 21.3. The topological polar surface area (TPSA) is 324 Å². The summed E-state index contributed by atoms with van der Waals surface area (Å²) in [5.74, 6) is -3.61. The van der Waals surface area contributed by atoms with Gasteiger partial charge in [0, 0.05) is 23.4 Å². The summed E-state index contributed by atoms with van der Waals surface area (Å²) in [6.07, 6.45) is 0.555. The molecule has 344 valence electrons.